The lowest BCUT2D eigenvalue weighted by atomic mass is 10.0. The number of hydrogen-bond donors (Lipinski definition) is 1. The van der Waals surface area contributed by atoms with E-state index in [1.807, 2.05) is 11.8 Å². The average Bonchev–Trinajstić information content (AvgIpc) is 2.95. The average molecular weight is 274 g/mol. The molecule has 0 bridgehead atoms. The Labute approximate surface area is 115 Å². The van der Waals surface area contributed by atoms with E-state index in [4.69, 9.17) is 5.11 Å². The number of benzene rings is 1. The van der Waals surface area contributed by atoms with Crippen LogP contribution in [0.15, 0.2) is 35.4 Å². The van der Waals surface area contributed by atoms with Crippen molar-refractivity contribution in [3.63, 3.8) is 0 Å². The van der Waals surface area contributed by atoms with Crippen molar-refractivity contribution >= 4 is 17.7 Å². The molecule has 1 atom stereocenters. The molecule has 1 aliphatic heterocycles. The van der Waals surface area contributed by atoms with E-state index in [0.717, 1.165) is 12.3 Å². The van der Waals surface area contributed by atoms with E-state index in [1.165, 1.54) is 10.5 Å². The highest BCUT2D eigenvalue weighted by molar-refractivity contribution is 7.99. The molecule has 5 heteroatoms. The van der Waals surface area contributed by atoms with Gasteiger partial charge in [-0.25, -0.2) is 4.79 Å². The first kappa shape index (κ1) is 12.3. The highest BCUT2D eigenvalue weighted by atomic mass is 32.2. The molecule has 2 heterocycles. The predicted octanol–water partition coefficient (Wildman–Crippen LogP) is 2.78. The fourth-order valence-electron chi connectivity index (χ4n) is 2.43. The van der Waals surface area contributed by atoms with Crippen molar-refractivity contribution in [1.82, 2.24) is 9.78 Å². The van der Waals surface area contributed by atoms with Gasteiger partial charge < -0.3 is 5.11 Å². The molecule has 98 valence electrons. The van der Waals surface area contributed by atoms with Crippen LogP contribution in [0.2, 0.25) is 0 Å². The van der Waals surface area contributed by atoms with E-state index in [-0.39, 0.29) is 0 Å². The molecule has 0 saturated carbocycles. The molecule has 0 aliphatic carbocycles. The summed E-state index contributed by atoms with van der Waals surface area (Å²) in [5.74, 6) is 0.521. The Balaban J connectivity index is 1.84. The molecule has 0 amide bonds. The highest BCUT2D eigenvalue weighted by Gasteiger charge is 2.24. The first-order chi connectivity index (χ1) is 9.15. The lowest BCUT2D eigenvalue weighted by Gasteiger charge is -2.10. The molecule has 1 aromatic carbocycles. The van der Waals surface area contributed by atoms with Crippen molar-refractivity contribution in [3.05, 3.63) is 47.3 Å². The van der Waals surface area contributed by atoms with Gasteiger partial charge in [-0.15, -0.1) is 11.8 Å². The number of thioether (sulfide) groups is 1. The van der Waals surface area contributed by atoms with Gasteiger partial charge in [-0.2, -0.15) is 5.10 Å². The molecule has 19 heavy (non-hydrogen) atoms. The minimum Gasteiger partial charge on any atom is -0.478 e. The SMILES string of the molecule is Cc1nn(CC2CSc3ccccc32)cc1C(=O)O. The number of fused-ring (bicyclic) bond motifs is 1. The fourth-order valence-corrected chi connectivity index (χ4v) is 3.67. The molecule has 4 nitrogen and oxygen atoms in total. The van der Waals surface area contributed by atoms with Crippen LogP contribution in [0, 0.1) is 6.92 Å². The van der Waals surface area contributed by atoms with E-state index < -0.39 is 5.97 Å². The smallest absolute Gasteiger partial charge is 0.339 e. The number of hydrogen-bond acceptors (Lipinski definition) is 3. The van der Waals surface area contributed by atoms with Crippen LogP contribution in [0.5, 0.6) is 0 Å². The summed E-state index contributed by atoms with van der Waals surface area (Å²) in [5.41, 5.74) is 2.21. The first-order valence-corrected chi connectivity index (χ1v) is 7.13. The summed E-state index contributed by atoms with van der Waals surface area (Å²) in [6, 6.07) is 8.38. The van der Waals surface area contributed by atoms with Gasteiger partial charge >= 0.3 is 5.97 Å². The summed E-state index contributed by atoms with van der Waals surface area (Å²) in [7, 11) is 0. The van der Waals surface area contributed by atoms with Crippen LogP contribution < -0.4 is 0 Å². The number of carboxylic acid groups (broad SMARTS) is 1. The number of rotatable bonds is 3. The largest absolute Gasteiger partial charge is 0.478 e. The van der Waals surface area contributed by atoms with E-state index >= 15 is 0 Å². The lowest BCUT2D eigenvalue weighted by Crippen LogP contribution is -2.09. The van der Waals surface area contributed by atoms with E-state index in [1.54, 1.807) is 17.8 Å². The molecule has 0 spiro atoms. The van der Waals surface area contributed by atoms with Crippen LogP contribution in [-0.2, 0) is 6.54 Å². The van der Waals surface area contributed by atoms with E-state index in [0.29, 0.717) is 17.2 Å². The second-order valence-corrected chi connectivity index (χ2v) is 5.76. The zero-order valence-corrected chi connectivity index (χ0v) is 11.4. The van der Waals surface area contributed by atoms with Gasteiger partial charge in [0.2, 0.25) is 0 Å². The number of nitrogens with zero attached hydrogens (tertiary/aromatic N) is 2. The zero-order valence-electron chi connectivity index (χ0n) is 10.5. The van der Waals surface area contributed by atoms with Gasteiger partial charge in [0.05, 0.1) is 5.69 Å². The molecule has 1 N–H and O–H groups in total. The molecule has 3 rings (SSSR count). The fraction of sp³-hybridized carbons (Fsp3) is 0.286. The van der Waals surface area contributed by atoms with Crippen LogP contribution in [0.1, 0.15) is 27.5 Å². The topological polar surface area (TPSA) is 55.1 Å². The quantitative estimate of drug-likeness (QED) is 0.935. The van der Waals surface area contributed by atoms with Crippen molar-refractivity contribution in [2.75, 3.05) is 5.75 Å². The molecule has 0 saturated heterocycles. The van der Waals surface area contributed by atoms with Gasteiger partial charge in [-0.3, -0.25) is 4.68 Å². The molecule has 1 aliphatic rings. The highest BCUT2D eigenvalue weighted by Crippen LogP contribution is 2.39. The summed E-state index contributed by atoms with van der Waals surface area (Å²) in [5, 5.41) is 13.3. The number of aromatic carboxylic acids is 1. The maximum absolute atomic E-state index is 11.0. The van der Waals surface area contributed by atoms with E-state index in [9.17, 15) is 4.79 Å². The summed E-state index contributed by atoms with van der Waals surface area (Å²) < 4.78 is 1.76. The van der Waals surface area contributed by atoms with Gasteiger partial charge in [0.1, 0.15) is 5.56 Å². The Bertz CT molecular complexity index is 636. The van der Waals surface area contributed by atoms with Crippen LogP contribution in [0.4, 0.5) is 0 Å². The molecule has 1 aromatic heterocycles. The Morgan fingerprint density at radius 2 is 2.32 bits per heavy atom. The minimum absolute atomic E-state index is 0.291. The first-order valence-electron chi connectivity index (χ1n) is 6.14. The van der Waals surface area contributed by atoms with Gasteiger partial charge in [0.15, 0.2) is 0 Å². The maximum Gasteiger partial charge on any atom is 0.339 e. The Morgan fingerprint density at radius 1 is 1.53 bits per heavy atom. The van der Waals surface area contributed by atoms with Crippen LogP contribution in [0.3, 0.4) is 0 Å². The molecular formula is C14H14N2O2S. The van der Waals surface area contributed by atoms with Crippen molar-refractivity contribution in [1.29, 1.82) is 0 Å². The standard InChI is InChI=1S/C14H14N2O2S/c1-9-12(14(17)18)7-16(15-9)6-10-8-19-13-5-3-2-4-11(10)13/h2-5,7,10H,6,8H2,1H3,(H,17,18). The van der Waals surface area contributed by atoms with Gasteiger partial charge in [-0.05, 0) is 18.6 Å². The third kappa shape index (κ3) is 2.26. The van der Waals surface area contributed by atoms with Crippen LogP contribution >= 0.6 is 11.8 Å². The number of carbonyl (C=O) groups is 1. The Hall–Kier alpha value is -1.75. The minimum atomic E-state index is -0.912. The zero-order chi connectivity index (χ0) is 13.4. The monoisotopic (exact) mass is 274 g/mol. The lowest BCUT2D eigenvalue weighted by molar-refractivity contribution is 0.0696. The van der Waals surface area contributed by atoms with Crippen molar-refractivity contribution in [2.45, 2.75) is 24.3 Å². The predicted molar refractivity (Wildman–Crippen MR) is 73.8 cm³/mol. The second kappa shape index (κ2) is 4.74. The van der Waals surface area contributed by atoms with Crippen LogP contribution in [-0.4, -0.2) is 26.6 Å². The summed E-state index contributed by atoms with van der Waals surface area (Å²) in [4.78, 5) is 12.3. The summed E-state index contributed by atoms with van der Waals surface area (Å²) >= 11 is 1.86. The third-order valence-corrected chi connectivity index (χ3v) is 4.63. The number of aryl methyl sites for hydroxylation is 1. The summed E-state index contributed by atoms with van der Waals surface area (Å²) in [6.45, 7) is 2.47. The second-order valence-electron chi connectivity index (χ2n) is 4.70. The van der Waals surface area contributed by atoms with Gasteiger partial charge in [0, 0.05) is 29.3 Å². The number of carboxylic acids is 1. The van der Waals surface area contributed by atoms with Crippen molar-refractivity contribution in [3.8, 4) is 0 Å². The van der Waals surface area contributed by atoms with Crippen molar-refractivity contribution in [2.24, 2.45) is 0 Å². The Morgan fingerprint density at radius 3 is 3.05 bits per heavy atom. The molecule has 1 unspecified atom stereocenters. The van der Waals surface area contributed by atoms with Gasteiger partial charge in [-0.1, -0.05) is 18.2 Å². The molecule has 0 fully saturated rings. The van der Waals surface area contributed by atoms with Gasteiger partial charge in [0.25, 0.3) is 0 Å². The molecule has 2 aromatic rings. The third-order valence-electron chi connectivity index (χ3n) is 3.38. The maximum atomic E-state index is 11.0. The molecular weight excluding hydrogens is 260 g/mol. The molecule has 0 radical (unpaired) electrons. The van der Waals surface area contributed by atoms with Crippen LogP contribution in [0.25, 0.3) is 0 Å². The normalized spacial score (nSPS) is 17.4. The number of aromatic nitrogens is 2. The van der Waals surface area contributed by atoms with E-state index in [2.05, 4.69) is 29.4 Å². The van der Waals surface area contributed by atoms with Crippen molar-refractivity contribution < 1.29 is 9.90 Å². The summed E-state index contributed by atoms with van der Waals surface area (Å²) in [6.07, 6.45) is 1.63. The Kier molecular flexibility index (Phi) is 3.06.